The molecule has 2 N–H and O–H groups in total. The van der Waals surface area contributed by atoms with Crippen LogP contribution in [0.25, 0.3) is 0 Å². The number of hydrogen-bond acceptors (Lipinski definition) is 2. The van der Waals surface area contributed by atoms with E-state index in [1.54, 1.807) is 34.6 Å². The van der Waals surface area contributed by atoms with Crippen LogP contribution in [0.5, 0.6) is 0 Å². The van der Waals surface area contributed by atoms with Crippen LogP contribution >= 0.6 is 0 Å². The number of hydrogen-bond donors (Lipinski definition) is 2. The molecule has 0 fully saturated rings. The first-order valence-electron chi connectivity index (χ1n) is 6.33. The minimum absolute atomic E-state index is 0.294. The largest absolute Gasteiger partial charge is 0.480 e. The highest BCUT2D eigenvalue weighted by molar-refractivity contribution is 6.03. The third-order valence-electron chi connectivity index (χ3n) is 3.23. The van der Waals surface area contributed by atoms with Gasteiger partial charge in [-0.25, -0.2) is 0 Å². The van der Waals surface area contributed by atoms with Crippen LogP contribution in [0.15, 0.2) is 0 Å². The molecule has 1 amide bonds. The van der Waals surface area contributed by atoms with E-state index in [1.165, 1.54) is 0 Å². The summed E-state index contributed by atoms with van der Waals surface area (Å²) in [5.41, 5.74) is -2.54. The number of rotatable bonds is 3. The molecule has 4 heteroatoms. The highest BCUT2D eigenvalue weighted by Crippen LogP contribution is 2.45. The Morgan fingerprint density at radius 3 is 1.56 bits per heavy atom. The molecule has 106 valence electrons. The number of carboxylic acid groups (broad SMARTS) is 1. The van der Waals surface area contributed by atoms with Crippen molar-refractivity contribution in [3.8, 4) is 0 Å². The van der Waals surface area contributed by atoms with Crippen molar-refractivity contribution >= 4 is 11.9 Å². The molecular formula is C14H27NO3. The predicted molar refractivity (Wildman–Crippen MR) is 72.3 cm³/mol. The zero-order valence-corrected chi connectivity index (χ0v) is 12.8. The fourth-order valence-electron chi connectivity index (χ4n) is 2.57. The first-order valence-corrected chi connectivity index (χ1v) is 6.33. The van der Waals surface area contributed by atoms with E-state index < -0.39 is 28.2 Å². The van der Waals surface area contributed by atoms with Crippen LogP contribution in [0.3, 0.4) is 0 Å². The molecule has 0 aliphatic carbocycles. The average molecular weight is 257 g/mol. The Hall–Kier alpha value is -1.06. The maximum atomic E-state index is 12.5. The van der Waals surface area contributed by atoms with Crippen LogP contribution in [0.1, 0.15) is 55.4 Å². The summed E-state index contributed by atoms with van der Waals surface area (Å²) in [4.78, 5) is 24.3. The van der Waals surface area contributed by atoms with Gasteiger partial charge >= 0.3 is 5.97 Å². The zero-order valence-electron chi connectivity index (χ0n) is 12.8. The average Bonchev–Trinajstić information content (AvgIpc) is 1.94. The Morgan fingerprint density at radius 1 is 1.00 bits per heavy atom. The molecule has 0 aliphatic rings. The fourth-order valence-corrected chi connectivity index (χ4v) is 2.57. The van der Waals surface area contributed by atoms with Crippen LogP contribution in [-0.4, -0.2) is 22.5 Å². The van der Waals surface area contributed by atoms with E-state index >= 15 is 0 Å². The number of carbonyl (C=O) groups is 2. The summed E-state index contributed by atoms with van der Waals surface area (Å²) in [6.07, 6.45) is 0. The van der Waals surface area contributed by atoms with E-state index in [1.807, 2.05) is 20.8 Å². The summed E-state index contributed by atoms with van der Waals surface area (Å²) in [6.45, 7) is 14.5. The highest BCUT2D eigenvalue weighted by Gasteiger charge is 2.57. The van der Waals surface area contributed by atoms with Gasteiger partial charge in [0, 0.05) is 5.54 Å². The van der Waals surface area contributed by atoms with Crippen molar-refractivity contribution in [1.82, 2.24) is 5.32 Å². The summed E-state index contributed by atoms with van der Waals surface area (Å²) in [5.74, 6) is -1.77. The van der Waals surface area contributed by atoms with Gasteiger partial charge in [-0.2, -0.15) is 0 Å². The van der Waals surface area contributed by atoms with Crippen molar-refractivity contribution in [3.05, 3.63) is 0 Å². The molecule has 0 heterocycles. The number of amides is 1. The molecule has 0 rings (SSSR count). The molecule has 1 unspecified atom stereocenters. The van der Waals surface area contributed by atoms with Crippen LogP contribution in [-0.2, 0) is 9.59 Å². The van der Waals surface area contributed by atoms with Crippen molar-refractivity contribution < 1.29 is 14.7 Å². The first-order chi connectivity index (χ1) is 7.76. The van der Waals surface area contributed by atoms with Gasteiger partial charge in [-0.05, 0) is 32.1 Å². The van der Waals surface area contributed by atoms with Gasteiger partial charge in [0.2, 0.25) is 5.91 Å². The minimum Gasteiger partial charge on any atom is -0.480 e. The second-order valence-electron chi connectivity index (χ2n) is 7.22. The predicted octanol–water partition coefficient (Wildman–Crippen LogP) is 2.67. The number of carbonyl (C=O) groups excluding carboxylic acids is 1. The van der Waals surface area contributed by atoms with Gasteiger partial charge < -0.3 is 10.4 Å². The molecule has 0 aromatic carbocycles. The van der Waals surface area contributed by atoms with Gasteiger partial charge in [0.1, 0.15) is 0 Å². The van der Waals surface area contributed by atoms with Crippen LogP contribution in [0.4, 0.5) is 0 Å². The summed E-state index contributed by atoms with van der Waals surface area (Å²) < 4.78 is 0. The second-order valence-corrected chi connectivity index (χ2v) is 7.22. The summed E-state index contributed by atoms with van der Waals surface area (Å²) >= 11 is 0. The lowest BCUT2D eigenvalue weighted by atomic mass is 9.59. The fraction of sp³-hybridized carbons (Fsp3) is 0.857. The van der Waals surface area contributed by atoms with Crippen LogP contribution in [0, 0.1) is 16.7 Å². The van der Waals surface area contributed by atoms with Crippen LogP contribution in [0.2, 0.25) is 0 Å². The molecule has 1 atom stereocenters. The van der Waals surface area contributed by atoms with Gasteiger partial charge in [0.05, 0.1) is 0 Å². The number of nitrogens with one attached hydrogen (secondary N) is 1. The molecule has 0 saturated carbocycles. The maximum absolute atomic E-state index is 12.5. The normalized spacial score (nSPS) is 16.3. The third-order valence-corrected chi connectivity index (χ3v) is 3.23. The SMILES string of the molecule is CC(C)C(C(=O)O)(C(=O)NC(C)(C)C)C(C)(C)C. The van der Waals surface area contributed by atoms with E-state index in [9.17, 15) is 14.7 Å². The molecule has 18 heavy (non-hydrogen) atoms. The quantitative estimate of drug-likeness (QED) is 0.764. The topological polar surface area (TPSA) is 66.4 Å². The third kappa shape index (κ3) is 3.03. The Kier molecular flexibility index (Phi) is 4.61. The molecule has 0 aromatic heterocycles. The maximum Gasteiger partial charge on any atom is 0.320 e. The van der Waals surface area contributed by atoms with Crippen molar-refractivity contribution in [3.63, 3.8) is 0 Å². The molecular weight excluding hydrogens is 230 g/mol. The van der Waals surface area contributed by atoms with E-state index in [0.29, 0.717) is 0 Å². The monoisotopic (exact) mass is 257 g/mol. The standard InChI is InChI=1S/C14H27NO3/c1-9(2)14(11(17)18,12(3,4)5)10(16)15-13(6,7)8/h9H,1-8H3,(H,15,16)(H,17,18). The smallest absolute Gasteiger partial charge is 0.320 e. The lowest BCUT2D eigenvalue weighted by Gasteiger charge is -2.44. The minimum atomic E-state index is -1.43. The molecule has 0 bridgehead atoms. The highest BCUT2D eigenvalue weighted by atomic mass is 16.4. The van der Waals surface area contributed by atoms with Crippen molar-refractivity contribution in [2.24, 2.45) is 16.7 Å². The van der Waals surface area contributed by atoms with Gasteiger partial charge in [-0.3, -0.25) is 9.59 Å². The Bertz CT molecular complexity index is 334. The molecule has 0 spiro atoms. The Labute approximate surface area is 110 Å². The molecule has 0 radical (unpaired) electrons. The molecule has 0 aliphatic heterocycles. The van der Waals surface area contributed by atoms with E-state index in [0.717, 1.165) is 0 Å². The second kappa shape index (κ2) is 4.90. The lowest BCUT2D eigenvalue weighted by molar-refractivity contribution is -0.169. The van der Waals surface area contributed by atoms with Crippen LogP contribution < -0.4 is 5.32 Å². The Balaban J connectivity index is 5.76. The van der Waals surface area contributed by atoms with Crippen molar-refractivity contribution in [1.29, 1.82) is 0 Å². The van der Waals surface area contributed by atoms with E-state index in [4.69, 9.17) is 0 Å². The van der Waals surface area contributed by atoms with Crippen molar-refractivity contribution in [2.45, 2.75) is 60.9 Å². The number of carboxylic acids is 1. The molecule has 4 nitrogen and oxygen atoms in total. The molecule has 0 aromatic rings. The first kappa shape index (κ1) is 16.9. The van der Waals surface area contributed by atoms with E-state index in [2.05, 4.69) is 5.32 Å². The van der Waals surface area contributed by atoms with Gasteiger partial charge in [0.15, 0.2) is 5.41 Å². The molecule has 0 saturated heterocycles. The van der Waals surface area contributed by atoms with Gasteiger partial charge in [-0.15, -0.1) is 0 Å². The lowest BCUT2D eigenvalue weighted by Crippen LogP contribution is -2.60. The summed E-state index contributed by atoms with van der Waals surface area (Å²) in [6, 6.07) is 0. The van der Waals surface area contributed by atoms with E-state index in [-0.39, 0.29) is 5.92 Å². The zero-order chi connectivity index (χ0) is 14.9. The summed E-state index contributed by atoms with van der Waals surface area (Å²) in [7, 11) is 0. The van der Waals surface area contributed by atoms with Gasteiger partial charge in [-0.1, -0.05) is 34.6 Å². The number of aliphatic carboxylic acids is 1. The Morgan fingerprint density at radius 2 is 1.39 bits per heavy atom. The van der Waals surface area contributed by atoms with Gasteiger partial charge in [0.25, 0.3) is 0 Å². The summed E-state index contributed by atoms with van der Waals surface area (Å²) in [5, 5.41) is 12.4. The van der Waals surface area contributed by atoms with Crippen molar-refractivity contribution in [2.75, 3.05) is 0 Å².